The lowest BCUT2D eigenvalue weighted by Crippen LogP contribution is -2.63. The van der Waals surface area contributed by atoms with Gasteiger partial charge in [0.1, 0.15) is 0 Å². The van der Waals surface area contributed by atoms with Gasteiger partial charge < -0.3 is 0 Å². The summed E-state index contributed by atoms with van der Waals surface area (Å²) in [5, 5.41) is 0. The molecule has 124 valence electrons. The molecule has 4 nitrogen and oxygen atoms in total. The second-order valence-electron chi connectivity index (χ2n) is 8.34. The summed E-state index contributed by atoms with van der Waals surface area (Å²) in [7, 11) is -3.18. The summed E-state index contributed by atoms with van der Waals surface area (Å²) in [5.74, 6) is 0. The van der Waals surface area contributed by atoms with Gasteiger partial charge in [0.15, 0.2) is 0 Å². The van der Waals surface area contributed by atoms with Crippen molar-refractivity contribution in [2.24, 2.45) is 5.41 Å². The van der Waals surface area contributed by atoms with Gasteiger partial charge in [0.05, 0.1) is 6.26 Å². The van der Waals surface area contributed by atoms with Crippen molar-refractivity contribution >= 4 is 10.0 Å². The van der Waals surface area contributed by atoms with E-state index in [1.165, 1.54) is 19.1 Å². The fourth-order valence-corrected chi connectivity index (χ4v) is 5.96. The maximum Gasteiger partial charge on any atom is 0.211 e. The molecule has 0 bridgehead atoms. The van der Waals surface area contributed by atoms with Gasteiger partial charge in [0.25, 0.3) is 0 Å². The molecule has 0 spiro atoms. The molecule has 0 radical (unpaired) electrons. The van der Waals surface area contributed by atoms with Crippen molar-refractivity contribution in [3.05, 3.63) is 0 Å². The maximum absolute atomic E-state index is 12.3. The van der Waals surface area contributed by atoms with E-state index in [-0.39, 0.29) is 11.0 Å². The van der Waals surface area contributed by atoms with E-state index in [1.807, 2.05) is 0 Å². The molecule has 21 heavy (non-hydrogen) atoms. The Hall–Kier alpha value is -0.130. The van der Waals surface area contributed by atoms with Crippen LogP contribution in [0.25, 0.3) is 0 Å². The largest absolute Gasteiger partial charge is 0.296 e. The number of hydrogen-bond acceptors (Lipinski definition) is 3. The molecule has 0 aromatic rings. The van der Waals surface area contributed by atoms with Crippen molar-refractivity contribution in [1.82, 2.24) is 9.21 Å². The van der Waals surface area contributed by atoms with Crippen molar-refractivity contribution in [3.8, 4) is 0 Å². The van der Waals surface area contributed by atoms with Gasteiger partial charge in [-0.15, -0.1) is 0 Å². The molecule has 0 amide bonds. The second-order valence-corrected chi connectivity index (χ2v) is 10.2. The Kier molecular flexibility index (Phi) is 4.51. The van der Waals surface area contributed by atoms with E-state index in [0.29, 0.717) is 18.6 Å². The highest BCUT2D eigenvalue weighted by Gasteiger charge is 2.47. The molecule has 0 aromatic heterocycles. The summed E-state index contributed by atoms with van der Waals surface area (Å²) in [5.41, 5.74) is -0.225. The molecule has 2 fully saturated rings. The van der Waals surface area contributed by atoms with Gasteiger partial charge in [0, 0.05) is 24.2 Å². The van der Waals surface area contributed by atoms with E-state index in [4.69, 9.17) is 0 Å². The third-order valence-corrected chi connectivity index (χ3v) is 7.09. The van der Waals surface area contributed by atoms with Crippen LogP contribution in [0.4, 0.5) is 0 Å². The number of fused-ring (bicyclic) bond motifs is 1. The zero-order valence-electron chi connectivity index (χ0n) is 14.5. The average molecular weight is 317 g/mol. The quantitative estimate of drug-likeness (QED) is 0.747. The smallest absolute Gasteiger partial charge is 0.211 e. The Balaban J connectivity index is 2.44. The molecule has 2 aliphatic rings. The first kappa shape index (κ1) is 17.2. The molecule has 2 atom stereocenters. The monoisotopic (exact) mass is 316 g/mol. The minimum Gasteiger partial charge on any atom is -0.296 e. The molecule has 5 heteroatoms. The predicted molar refractivity (Wildman–Crippen MR) is 87.8 cm³/mol. The maximum atomic E-state index is 12.3. The molecule has 0 aliphatic carbocycles. The summed E-state index contributed by atoms with van der Waals surface area (Å²) < 4.78 is 26.4. The summed E-state index contributed by atoms with van der Waals surface area (Å²) >= 11 is 0. The van der Waals surface area contributed by atoms with Gasteiger partial charge in [-0.2, -0.15) is 4.31 Å². The summed E-state index contributed by atoms with van der Waals surface area (Å²) in [6.07, 6.45) is 5.81. The first-order valence-corrected chi connectivity index (χ1v) is 10.0. The molecule has 2 aliphatic heterocycles. The van der Waals surface area contributed by atoms with E-state index < -0.39 is 10.0 Å². The first-order valence-electron chi connectivity index (χ1n) is 8.19. The van der Waals surface area contributed by atoms with E-state index >= 15 is 0 Å². The number of rotatable bonds is 1. The van der Waals surface area contributed by atoms with Gasteiger partial charge in [-0.3, -0.25) is 4.90 Å². The van der Waals surface area contributed by atoms with Crippen LogP contribution in [0, 0.1) is 5.41 Å². The Bertz CT molecular complexity index is 485. The topological polar surface area (TPSA) is 40.6 Å². The molecular formula is C16H32N2O2S. The summed E-state index contributed by atoms with van der Waals surface area (Å²) in [6, 6.07) is 0.853. The van der Waals surface area contributed by atoms with Crippen LogP contribution in [0.3, 0.4) is 0 Å². The summed E-state index contributed by atoms with van der Waals surface area (Å²) in [6.45, 7) is 12.8. The molecule has 2 unspecified atom stereocenters. The lowest BCUT2D eigenvalue weighted by molar-refractivity contribution is -0.0266. The Morgan fingerprint density at radius 3 is 2.29 bits per heavy atom. The Morgan fingerprint density at radius 2 is 1.71 bits per heavy atom. The SMILES string of the molecule is CC1N2CCCCC2CN(S(C)(=O)=O)C(C)(C)CC1(C)C. The molecule has 0 N–H and O–H groups in total. The molecule has 2 heterocycles. The van der Waals surface area contributed by atoms with Gasteiger partial charge in [-0.1, -0.05) is 20.3 Å². The van der Waals surface area contributed by atoms with Crippen LogP contribution in [0.5, 0.6) is 0 Å². The molecule has 0 aromatic carbocycles. The van der Waals surface area contributed by atoms with Crippen LogP contribution in [0.2, 0.25) is 0 Å². The predicted octanol–water partition coefficient (Wildman–Crippen LogP) is 2.70. The van der Waals surface area contributed by atoms with Gasteiger partial charge in [-0.25, -0.2) is 8.42 Å². The highest BCUT2D eigenvalue weighted by atomic mass is 32.2. The third kappa shape index (κ3) is 3.45. The Morgan fingerprint density at radius 1 is 1.10 bits per heavy atom. The highest BCUT2D eigenvalue weighted by molar-refractivity contribution is 7.88. The van der Waals surface area contributed by atoms with E-state index in [2.05, 4.69) is 39.5 Å². The van der Waals surface area contributed by atoms with E-state index in [0.717, 1.165) is 19.4 Å². The van der Waals surface area contributed by atoms with Crippen molar-refractivity contribution < 1.29 is 8.42 Å². The fourth-order valence-electron chi connectivity index (χ4n) is 4.55. The highest BCUT2D eigenvalue weighted by Crippen LogP contribution is 2.42. The lowest BCUT2D eigenvalue weighted by Gasteiger charge is -2.54. The minimum atomic E-state index is -3.18. The van der Waals surface area contributed by atoms with Gasteiger partial charge in [0.2, 0.25) is 10.0 Å². The van der Waals surface area contributed by atoms with Crippen LogP contribution in [-0.4, -0.2) is 54.6 Å². The summed E-state index contributed by atoms with van der Waals surface area (Å²) in [4.78, 5) is 2.57. The third-order valence-electron chi connectivity index (χ3n) is 5.64. The zero-order chi connectivity index (χ0) is 16.1. The Labute approximate surface area is 130 Å². The normalized spacial score (nSPS) is 34.8. The van der Waals surface area contributed by atoms with E-state index in [1.54, 1.807) is 4.31 Å². The van der Waals surface area contributed by atoms with Crippen molar-refractivity contribution in [2.75, 3.05) is 19.3 Å². The van der Waals surface area contributed by atoms with Crippen LogP contribution >= 0.6 is 0 Å². The van der Waals surface area contributed by atoms with Crippen LogP contribution in [0.15, 0.2) is 0 Å². The zero-order valence-corrected chi connectivity index (χ0v) is 15.3. The number of sulfonamides is 1. The van der Waals surface area contributed by atoms with Crippen molar-refractivity contribution in [1.29, 1.82) is 0 Å². The molecule has 2 saturated heterocycles. The van der Waals surface area contributed by atoms with Crippen molar-refractivity contribution in [2.45, 2.75) is 77.9 Å². The minimum absolute atomic E-state index is 0.0997. The molecular weight excluding hydrogens is 284 g/mol. The van der Waals surface area contributed by atoms with Crippen LogP contribution in [-0.2, 0) is 10.0 Å². The lowest BCUT2D eigenvalue weighted by atomic mass is 9.72. The number of hydrogen-bond donors (Lipinski definition) is 0. The second kappa shape index (κ2) is 5.50. The average Bonchev–Trinajstić information content (AvgIpc) is 2.31. The van der Waals surface area contributed by atoms with Crippen molar-refractivity contribution in [3.63, 3.8) is 0 Å². The van der Waals surface area contributed by atoms with Crippen LogP contribution in [0.1, 0.15) is 60.3 Å². The van der Waals surface area contributed by atoms with E-state index in [9.17, 15) is 8.42 Å². The number of nitrogens with zero attached hydrogens (tertiary/aromatic N) is 2. The first-order chi connectivity index (χ1) is 9.45. The molecule has 0 saturated carbocycles. The van der Waals surface area contributed by atoms with Crippen LogP contribution < -0.4 is 0 Å². The number of piperidine rings is 1. The fraction of sp³-hybridized carbons (Fsp3) is 1.00. The standard InChI is InChI=1S/C16H32N2O2S/c1-13-15(2,3)12-16(4,5)18(21(6,19)20)11-14-9-7-8-10-17(13)14/h13-14H,7-12H2,1-6H3. The molecule has 2 rings (SSSR count). The van der Waals surface area contributed by atoms with Gasteiger partial charge >= 0.3 is 0 Å². The van der Waals surface area contributed by atoms with Gasteiger partial charge in [-0.05, 0) is 52.0 Å².